The van der Waals surface area contributed by atoms with Crippen molar-refractivity contribution in [1.29, 1.82) is 0 Å². The van der Waals surface area contributed by atoms with E-state index in [0.717, 1.165) is 65.3 Å². The number of rotatable bonds is 8. The highest BCUT2D eigenvalue weighted by molar-refractivity contribution is 5.97. The molecular weight excluding hydrogens is 563 g/mol. The number of carbonyl (C=O) groups is 1. The Bertz CT molecular complexity index is 1710. The number of amides is 1. The first-order chi connectivity index (χ1) is 21.2. The largest absolute Gasteiger partial charge is 0.471 e. The van der Waals surface area contributed by atoms with E-state index in [1.165, 1.54) is 0 Å². The molecule has 1 fully saturated rings. The van der Waals surface area contributed by atoms with E-state index in [-0.39, 0.29) is 12.2 Å². The maximum atomic E-state index is 13.7. The Morgan fingerprint density at radius 3 is 2.05 bits per heavy atom. The van der Waals surface area contributed by atoms with Gasteiger partial charge in [-0.3, -0.25) is 9.69 Å². The molecule has 1 aliphatic rings. The number of likely N-dealkylation sites (N-methyl/N-ethyl adjacent to an activating group) is 1. The van der Waals surface area contributed by atoms with Gasteiger partial charge in [-0.05, 0) is 60.1 Å². The molecule has 6 rings (SSSR count). The SMILES string of the molecule is CN1CCN(Cc2ccc(CN(C(=O)C(F)(F)F)c3ccc(-c4nc5ccccc5n4Cc4ccccc4)cc3)cc2)CC1. The Balaban J connectivity index is 1.25. The van der Waals surface area contributed by atoms with Crippen LogP contribution >= 0.6 is 0 Å². The van der Waals surface area contributed by atoms with Gasteiger partial charge in [0.05, 0.1) is 17.6 Å². The van der Waals surface area contributed by atoms with E-state index in [4.69, 9.17) is 4.98 Å². The number of fused-ring (bicyclic) bond motifs is 1. The van der Waals surface area contributed by atoms with Gasteiger partial charge in [0.25, 0.3) is 0 Å². The molecule has 1 amide bonds. The van der Waals surface area contributed by atoms with Crippen molar-refractivity contribution in [3.05, 3.63) is 120 Å². The molecule has 2 heterocycles. The Hall–Kier alpha value is -4.47. The smallest absolute Gasteiger partial charge is 0.319 e. The monoisotopic (exact) mass is 597 g/mol. The third-order valence-corrected chi connectivity index (χ3v) is 8.13. The van der Waals surface area contributed by atoms with Crippen molar-refractivity contribution in [1.82, 2.24) is 19.4 Å². The van der Waals surface area contributed by atoms with Gasteiger partial charge in [0.2, 0.25) is 0 Å². The Kier molecular flexibility index (Phi) is 8.50. The predicted molar refractivity (Wildman–Crippen MR) is 167 cm³/mol. The standard InChI is InChI=1S/C35H34F3N5O/c1-40-19-21-41(22-20-40)23-27-11-13-28(14-12-27)24-42(34(44)35(36,37)38)30-17-15-29(16-18-30)33-39-31-9-5-6-10-32(31)43(33)25-26-7-3-2-4-8-26/h2-18H,19-25H2,1H3. The molecule has 0 saturated carbocycles. The van der Waals surface area contributed by atoms with Gasteiger partial charge in [-0.1, -0.05) is 66.7 Å². The van der Waals surface area contributed by atoms with E-state index in [1.54, 1.807) is 24.3 Å². The number of hydrogen-bond donors (Lipinski definition) is 0. The normalized spacial score (nSPS) is 14.6. The summed E-state index contributed by atoms with van der Waals surface area (Å²) >= 11 is 0. The predicted octanol–water partition coefficient (Wildman–Crippen LogP) is 6.59. The Morgan fingerprint density at radius 2 is 1.36 bits per heavy atom. The number of piperazine rings is 1. The van der Waals surface area contributed by atoms with Gasteiger partial charge < -0.3 is 14.4 Å². The van der Waals surface area contributed by atoms with Crippen molar-refractivity contribution in [2.45, 2.75) is 25.8 Å². The van der Waals surface area contributed by atoms with Crippen LogP contribution < -0.4 is 4.90 Å². The summed E-state index contributed by atoms with van der Waals surface area (Å²) in [6.45, 7) is 5.15. The van der Waals surface area contributed by atoms with Crippen LogP contribution in [0.2, 0.25) is 0 Å². The van der Waals surface area contributed by atoms with Crippen LogP contribution in [0.4, 0.5) is 18.9 Å². The molecule has 1 saturated heterocycles. The van der Waals surface area contributed by atoms with Gasteiger partial charge in [0.15, 0.2) is 0 Å². The number of carbonyl (C=O) groups excluding carboxylic acids is 1. The first kappa shape index (κ1) is 29.6. The van der Waals surface area contributed by atoms with E-state index < -0.39 is 12.1 Å². The van der Waals surface area contributed by atoms with Crippen molar-refractivity contribution < 1.29 is 18.0 Å². The molecule has 0 radical (unpaired) electrons. The van der Waals surface area contributed by atoms with Gasteiger partial charge in [-0.2, -0.15) is 13.2 Å². The zero-order chi connectivity index (χ0) is 30.7. The average molecular weight is 598 g/mol. The number of nitrogens with zero attached hydrogens (tertiary/aromatic N) is 5. The van der Waals surface area contributed by atoms with Gasteiger partial charge in [0, 0.05) is 50.5 Å². The van der Waals surface area contributed by atoms with Crippen molar-refractivity contribution in [3.8, 4) is 11.4 Å². The molecule has 1 aliphatic heterocycles. The summed E-state index contributed by atoms with van der Waals surface area (Å²) in [4.78, 5) is 22.9. The lowest BCUT2D eigenvalue weighted by molar-refractivity contribution is -0.170. The molecule has 0 atom stereocenters. The van der Waals surface area contributed by atoms with Gasteiger partial charge in [-0.25, -0.2) is 4.98 Å². The molecule has 0 bridgehead atoms. The zero-order valence-corrected chi connectivity index (χ0v) is 24.5. The van der Waals surface area contributed by atoms with Gasteiger partial charge in [-0.15, -0.1) is 0 Å². The second-order valence-electron chi connectivity index (χ2n) is 11.3. The summed E-state index contributed by atoms with van der Waals surface area (Å²) in [6.07, 6.45) is -5.01. The van der Waals surface area contributed by atoms with E-state index in [9.17, 15) is 18.0 Å². The summed E-state index contributed by atoms with van der Waals surface area (Å²) in [5.41, 5.74) is 5.52. The van der Waals surface area contributed by atoms with E-state index in [1.807, 2.05) is 78.9 Å². The number of hydrogen-bond acceptors (Lipinski definition) is 4. The van der Waals surface area contributed by atoms with Crippen LogP contribution in [-0.2, 0) is 24.4 Å². The molecule has 0 aliphatic carbocycles. The van der Waals surface area contributed by atoms with Crippen LogP contribution in [0, 0.1) is 0 Å². The maximum Gasteiger partial charge on any atom is 0.471 e. The quantitative estimate of drug-likeness (QED) is 0.202. The summed E-state index contributed by atoms with van der Waals surface area (Å²) in [6, 6.07) is 31.9. The maximum absolute atomic E-state index is 13.7. The number of para-hydroxylation sites is 2. The minimum Gasteiger partial charge on any atom is -0.319 e. The zero-order valence-electron chi connectivity index (χ0n) is 24.5. The number of alkyl halides is 3. The lowest BCUT2D eigenvalue weighted by Crippen LogP contribution is -2.43. The molecule has 5 aromatic rings. The fraction of sp³-hybridized carbons (Fsp3) is 0.257. The number of benzene rings is 4. The molecular formula is C35H34F3N5O. The molecule has 1 aromatic heterocycles. The van der Waals surface area contributed by atoms with E-state index >= 15 is 0 Å². The topological polar surface area (TPSA) is 44.6 Å². The molecule has 9 heteroatoms. The summed E-state index contributed by atoms with van der Waals surface area (Å²) in [5.74, 6) is -1.20. The number of halogens is 3. The fourth-order valence-electron chi connectivity index (χ4n) is 5.64. The van der Waals surface area contributed by atoms with Gasteiger partial charge in [0.1, 0.15) is 5.82 Å². The molecule has 44 heavy (non-hydrogen) atoms. The Labute approximate surface area is 255 Å². The van der Waals surface area contributed by atoms with Crippen LogP contribution in [0.1, 0.15) is 16.7 Å². The summed E-state index contributed by atoms with van der Waals surface area (Å²) in [5, 5.41) is 0. The summed E-state index contributed by atoms with van der Waals surface area (Å²) in [7, 11) is 2.11. The highest BCUT2D eigenvalue weighted by atomic mass is 19.4. The second kappa shape index (κ2) is 12.6. The average Bonchev–Trinajstić information content (AvgIpc) is 3.40. The number of aromatic nitrogens is 2. The molecule has 0 N–H and O–H groups in total. The van der Waals surface area contributed by atoms with Crippen molar-refractivity contribution in [2.24, 2.45) is 0 Å². The van der Waals surface area contributed by atoms with Crippen molar-refractivity contribution >= 4 is 22.6 Å². The molecule has 226 valence electrons. The van der Waals surface area contributed by atoms with Crippen LogP contribution in [0.3, 0.4) is 0 Å². The van der Waals surface area contributed by atoms with Gasteiger partial charge >= 0.3 is 12.1 Å². The second-order valence-corrected chi connectivity index (χ2v) is 11.3. The summed E-state index contributed by atoms with van der Waals surface area (Å²) < 4.78 is 43.3. The third kappa shape index (κ3) is 6.69. The van der Waals surface area contributed by atoms with Crippen LogP contribution in [-0.4, -0.2) is 64.7 Å². The van der Waals surface area contributed by atoms with E-state index in [2.05, 4.69) is 21.4 Å². The minimum absolute atomic E-state index is 0.170. The van der Waals surface area contributed by atoms with Crippen LogP contribution in [0.15, 0.2) is 103 Å². The number of imidazole rings is 1. The van der Waals surface area contributed by atoms with Crippen LogP contribution in [0.5, 0.6) is 0 Å². The highest BCUT2D eigenvalue weighted by Crippen LogP contribution is 2.30. The molecule has 0 spiro atoms. The minimum atomic E-state index is -5.01. The van der Waals surface area contributed by atoms with Crippen molar-refractivity contribution in [3.63, 3.8) is 0 Å². The highest BCUT2D eigenvalue weighted by Gasteiger charge is 2.43. The Morgan fingerprint density at radius 1 is 0.750 bits per heavy atom. The first-order valence-electron chi connectivity index (χ1n) is 14.7. The third-order valence-electron chi connectivity index (χ3n) is 8.13. The lowest BCUT2D eigenvalue weighted by Gasteiger charge is -2.32. The molecule has 0 unspecified atom stereocenters. The first-order valence-corrected chi connectivity index (χ1v) is 14.7. The van der Waals surface area contributed by atoms with E-state index in [0.29, 0.717) is 17.9 Å². The number of anilines is 1. The molecule has 6 nitrogen and oxygen atoms in total. The van der Waals surface area contributed by atoms with Crippen LogP contribution in [0.25, 0.3) is 22.4 Å². The van der Waals surface area contributed by atoms with Crippen molar-refractivity contribution in [2.75, 3.05) is 38.1 Å². The molecule has 4 aromatic carbocycles. The lowest BCUT2D eigenvalue weighted by atomic mass is 10.1. The fourth-order valence-corrected chi connectivity index (χ4v) is 5.64.